The SMILES string of the molecule is CC1=C(C(=O)OC(C)C)C(c2cccc([N+](=O)[O-])c2)N(CCCc2ccccc2)C(=O)N1. The molecule has 0 aliphatic carbocycles. The number of carbonyl (C=O) groups is 2. The molecule has 1 atom stereocenters. The van der Waals surface area contributed by atoms with E-state index in [4.69, 9.17) is 4.74 Å². The van der Waals surface area contributed by atoms with Gasteiger partial charge in [-0.1, -0.05) is 42.5 Å². The molecule has 0 aromatic heterocycles. The van der Waals surface area contributed by atoms with Crippen LogP contribution in [0.15, 0.2) is 65.9 Å². The molecule has 0 saturated heterocycles. The maximum atomic E-state index is 13.0. The minimum Gasteiger partial charge on any atom is -0.459 e. The van der Waals surface area contributed by atoms with Crippen molar-refractivity contribution in [3.8, 4) is 0 Å². The zero-order valence-electron chi connectivity index (χ0n) is 18.4. The topological polar surface area (TPSA) is 102 Å². The normalized spacial score (nSPS) is 16.2. The van der Waals surface area contributed by atoms with Crippen LogP contribution in [0.25, 0.3) is 0 Å². The number of carbonyl (C=O) groups excluding carboxylic acids is 2. The lowest BCUT2D eigenvalue weighted by Crippen LogP contribution is -2.49. The van der Waals surface area contributed by atoms with Crippen molar-refractivity contribution in [1.29, 1.82) is 0 Å². The average molecular weight is 437 g/mol. The minimum absolute atomic E-state index is 0.105. The standard InChI is InChI=1S/C24H27N3O5/c1-16(2)32-23(28)21-17(3)25-24(29)26(14-8-11-18-9-5-4-6-10-18)22(21)19-12-7-13-20(15-19)27(30)31/h4-7,9-10,12-13,15-16,22H,8,11,14H2,1-3H3,(H,25,29). The fourth-order valence-electron chi connectivity index (χ4n) is 3.80. The Bertz CT molecular complexity index is 1030. The molecule has 0 fully saturated rings. The lowest BCUT2D eigenvalue weighted by molar-refractivity contribution is -0.384. The molecule has 2 aromatic carbocycles. The third-order valence-electron chi connectivity index (χ3n) is 5.21. The number of amides is 2. The van der Waals surface area contributed by atoms with Crippen molar-refractivity contribution in [3.63, 3.8) is 0 Å². The van der Waals surface area contributed by atoms with Gasteiger partial charge in [0.25, 0.3) is 5.69 Å². The van der Waals surface area contributed by atoms with Crippen LogP contribution in [-0.4, -0.2) is 34.5 Å². The second-order valence-corrected chi connectivity index (χ2v) is 7.96. The summed E-state index contributed by atoms with van der Waals surface area (Å²) < 4.78 is 5.44. The third-order valence-corrected chi connectivity index (χ3v) is 5.21. The van der Waals surface area contributed by atoms with Gasteiger partial charge in [0.1, 0.15) is 0 Å². The van der Waals surface area contributed by atoms with E-state index in [1.54, 1.807) is 37.8 Å². The summed E-state index contributed by atoms with van der Waals surface area (Å²) in [7, 11) is 0. The number of ether oxygens (including phenoxy) is 1. The van der Waals surface area contributed by atoms with Gasteiger partial charge >= 0.3 is 12.0 Å². The fraction of sp³-hybridized carbons (Fsp3) is 0.333. The molecule has 1 aliphatic heterocycles. The Morgan fingerprint density at radius 3 is 2.56 bits per heavy atom. The molecule has 3 rings (SSSR count). The molecule has 0 saturated carbocycles. The molecule has 1 N–H and O–H groups in total. The van der Waals surface area contributed by atoms with Gasteiger partial charge in [0, 0.05) is 24.4 Å². The van der Waals surface area contributed by atoms with Crippen LogP contribution < -0.4 is 5.32 Å². The second kappa shape index (κ2) is 10.1. The molecule has 0 spiro atoms. The van der Waals surface area contributed by atoms with E-state index in [9.17, 15) is 19.7 Å². The van der Waals surface area contributed by atoms with Crippen LogP contribution in [0.2, 0.25) is 0 Å². The quantitative estimate of drug-likeness (QED) is 0.372. The summed E-state index contributed by atoms with van der Waals surface area (Å²) in [6.07, 6.45) is 1.06. The van der Waals surface area contributed by atoms with Crippen LogP contribution in [-0.2, 0) is 16.0 Å². The Labute approximate surface area is 187 Å². The van der Waals surface area contributed by atoms with E-state index in [-0.39, 0.29) is 23.4 Å². The predicted octanol–water partition coefficient (Wildman–Crippen LogP) is 4.52. The van der Waals surface area contributed by atoms with Crippen molar-refractivity contribution in [2.24, 2.45) is 0 Å². The van der Waals surface area contributed by atoms with Gasteiger partial charge in [0.2, 0.25) is 0 Å². The lowest BCUT2D eigenvalue weighted by atomic mass is 9.93. The van der Waals surface area contributed by atoms with E-state index in [0.29, 0.717) is 24.2 Å². The lowest BCUT2D eigenvalue weighted by Gasteiger charge is -2.38. The van der Waals surface area contributed by atoms with E-state index in [1.165, 1.54) is 12.1 Å². The van der Waals surface area contributed by atoms with Gasteiger partial charge in [-0.25, -0.2) is 9.59 Å². The molecule has 2 amide bonds. The van der Waals surface area contributed by atoms with Crippen LogP contribution in [0.5, 0.6) is 0 Å². The molecule has 8 heteroatoms. The van der Waals surface area contributed by atoms with E-state index in [1.807, 2.05) is 30.3 Å². The van der Waals surface area contributed by atoms with Crippen LogP contribution in [0.4, 0.5) is 10.5 Å². The van der Waals surface area contributed by atoms with E-state index >= 15 is 0 Å². The molecule has 0 radical (unpaired) electrons. The molecule has 32 heavy (non-hydrogen) atoms. The number of urea groups is 1. The zero-order chi connectivity index (χ0) is 23.3. The van der Waals surface area contributed by atoms with Gasteiger partial charge in [0.15, 0.2) is 0 Å². The summed E-state index contributed by atoms with van der Waals surface area (Å²) in [6.45, 7) is 5.49. The molecule has 1 heterocycles. The first-order valence-electron chi connectivity index (χ1n) is 10.6. The van der Waals surface area contributed by atoms with Crippen LogP contribution in [0.1, 0.15) is 44.4 Å². The molecular formula is C24H27N3O5. The second-order valence-electron chi connectivity index (χ2n) is 7.96. The Morgan fingerprint density at radius 2 is 1.91 bits per heavy atom. The van der Waals surface area contributed by atoms with Gasteiger partial charge in [-0.2, -0.15) is 0 Å². The number of allylic oxidation sites excluding steroid dienone is 1. The van der Waals surface area contributed by atoms with Crippen molar-refractivity contribution in [2.45, 2.75) is 45.8 Å². The molecule has 168 valence electrons. The molecular weight excluding hydrogens is 410 g/mol. The Kier molecular flexibility index (Phi) is 7.25. The average Bonchev–Trinajstić information content (AvgIpc) is 2.75. The predicted molar refractivity (Wildman–Crippen MR) is 120 cm³/mol. The largest absolute Gasteiger partial charge is 0.459 e. The number of nitro benzene ring substituents is 1. The van der Waals surface area contributed by atoms with Gasteiger partial charge in [-0.05, 0) is 44.7 Å². The number of nitro groups is 1. The van der Waals surface area contributed by atoms with Gasteiger partial charge in [0.05, 0.1) is 22.6 Å². The number of non-ortho nitro benzene ring substituents is 1. The first-order valence-corrected chi connectivity index (χ1v) is 10.6. The molecule has 1 aliphatic rings. The van der Waals surface area contributed by atoms with Crippen molar-refractivity contribution >= 4 is 17.7 Å². The molecule has 0 bridgehead atoms. The van der Waals surface area contributed by atoms with E-state index < -0.39 is 16.9 Å². The molecule has 2 aromatic rings. The highest BCUT2D eigenvalue weighted by Crippen LogP contribution is 2.36. The maximum absolute atomic E-state index is 13.0. The molecule has 8 nitrogen and oxygen atoms in total. The van der Waals surface area contributed by atoms with Gasteiger partial charge < -0.3 is 15.0 Å². The van der Waals surface area contributed by atoms with Crippen LogP contribution in [0, 0.1) is 10.1 Å². The number of nitrogens with zero attached hydrogens (tertiary/aromatic N) is 2. The highest BCUT2D eigenvalue weighted by Gasteiger charge is 2.39. The number of rotatable bonds is 8. The summed E-state index contributed by atoms with van der Waals surface area (Å²) in [5, 5.41) is 14.1. The number of aryl methyl sites for hydroxylation is 1. The number of benzene rings is 2. The van der Waals surface area contributed by atoms with Crippen molar-refractivity contribution in [2.75, 3.05) is 6.54 Å². The van der Waals surface area contributed by atoms with Crippen LogP contribution in [0.3, 0.4) is 0 Å². The van der Waals surface area contributed by atoms with Crippen molar-refractivity contribution in [3.05, 3.63) is 87.1 Å². The summed E-state index contributed by atoms with van der Waals surface area (Å²) >= 11 is 0. The first-order chi connectivity index (χ1) is 15.3. The Hall–Kier alpha value is -3.68. The number of hydrogen-bond donors (Lipinski definition) is 1. The summed E-state index contributed by atoms with van der Waals surface area (Å²) in [5.41, 5.74) is 2.19. The summed E-state index contributed by atoms with van der Waals surface area (Å²) in [5.74, 6) is -0.554. The van der Waals surface area contributed by atoms with Crippen molar-refractivity contribution in [1.82, 2.24) is 10.2 Å². The van der Waals surface area contributed by atoms with Gasteiger partial charge in [-0.15, -0.1) is 0 Å². The fourth-order valence-corrected chi connectivity index (χ4v) is 3.80. The summed E-state index contributed by atoms with van der Waals surface area (Å²) in [6, 6.07) is 14.8. The van der Waals surface area contributed by atoms with Crippen LogP contribution >= 0.6 is 0 Å². The van der Waals surface area contributed by atoms with E-state index in [2.05, 4.69) is 5.32 Å². The van der Waals surface area contributed by atoms with Crippen molar-refractivity contribution < 1.29 is 19.2 Å². The number of nitrogens with one attached hydrogen (secondary N) is 1. The number of hydrogen-bond acceptors (Lipinski definition) is 5. The molecule has 1 unspecified atom stereocenters. The highest BCUT2D eigenvalue weighted by molar-refractivity contribution is 5.95. The Morgan fingerprint density at radius 1 is 1.19 bits per heavy atom. The monoisotopic (exact) mass is 437 g/mol. The minimum atomic E-state index is -0.786. The number of esters is 1. The smallest absolute Gasteiger partial charge is 0.338 e. The maximum Gasteiger partial charge on any atom is 0.338 e. The summed E-state index contributed by atoms with van der Waals surface area (Å²) in [4.78, 5) is 38.3. The van der Waals surface area contributed by atoms with Gasteiger partial charge in [-0.3, -0.25) is 10.1 Å². The third kappa shape index (κ3) is 5.32. The highest BCUT2D eigenvalue weighted by atomic mass is 16.6. The Balaban J connectivity index is 1.97. The zero-order valence-corrected chi connectivity index (χ0v) is 18.4. The van der Waals surface area contributed by atoms with E-state index in [0.717, 1.165) is 12.0 Å². The first kappa shape index (κ1) is 23.0.